The van der Waals surface area contributed by atoms with E-state index in [9.17, 15) is 9.90 Å². The fourth-order valence-electron chi connectivity index (χ4n) is 2.30. The van der Waals surface area contributed by atoms with Crippen LogP contribution in [0, 0.1) is 6.92 Å². The van der Waals surface area contributed by atoms with Gasteiger partial charge in [0.25, 0.3) is 0 Å². The summed E-state index contributed by atoms with van der Waals surface area (Å²) in [5.74, 6) is -0.00846. The Balaban J connectivity index is 0.00000200. The molecule has 1 aromatic carbocycles. The van der Waals surface area contributed by atoms with Crippen LogP contribution in [0.15, 0.2) is 24.3 Å². The lowest BCUT2D eigenvalue weighted by Crippen LogP contribution is -2.47. The van der Waals surface area contributed by atoms with Crippen LogP contribution in [0.4, 0.5) is 0 Å². The predicted octanol–water partition coefficient (Wildman–Crippen LogP) is 1.71. The van der Waals surface area contributed by atoms with Crippen molar-refractivity contribution in [2.75, 3.05) is 13.1 Å². The van der Waals surface area contributed by atoms with E-state index in [1.165, 1.54) is 0 Å². The van der Waals surface area contributed by atoms with Gasteiger partial charge in [0.05, 0.1) is 12.1 Å². The minimum atomic E-state index is -0.645. The first-order valence-corrected chi connectivity index (χ1v) is 6.92. The van der Waals surface area contributed by atoms with Gasteiger partial charge in [-0.2, -0.15) is 0 Å². The van der Waals surface area contributed by atoms with Crippen LogP contribution in [0.5, 0.6) is 0 Å². The second-order valence-electron chi connectivity index (χ2n) is 5.17. The average Bonchev–Trinajstić information content (AvgIpc) is 2.46. The molecule has 1 amide bonds. The van der Waals surface area contributed by atoms with Crippen LogP contribution < -0.4 is 10.6 Å². The second-order valence-corrected chi connectivity index (χ2v) is 5.17. The molecule has 1 aliphatic rings. The molecule has 0 aliphatic carbocycles. The smallest absolute Gasteiger partial charge is 0.237 e. The minimum Gasteiger partial charge on any atom is -0.387 e. The first-order valence-electron chi connectivity index (χ1n) is 6.92. The summed E-state index contributed by atoms with van der Waals surface area (Å²) in [6, 6.07) is 7.61. The lowest BCUT2D eigenvalue weighted by Gasteiger charge is -2.23. The third-order valence-corrected chi connectivity index (χ3v) is 3.56. The van der Waals surface area contributed by atoms with Gasteiger partial charge in [0, 0.05) is 6.54 Å². The van der Waals surface area contributed by atoms with E-state index in [-0.39, 0.29) is 30.9 Å². The van der Waals surface area contributed by atoms with Gasteiger partial charge in [0.15, 0.2) is 0 Å². The van der Waals surface area contributed by atoms with E-state index in [1.54, 1.807) is 0 Å². The highest BCUT2D eigenvalue weighted by atomic mass is 35.5. The van der Waals surface area contributed by atoms with Crippen LogP contribution in [0.3, 0.4) is 0 Å². The first kappa shape index (κ1) is 17.0. The van der Waals surface area contributed by atoms with Crippen LogP contribution >= 0.6 is 12.4 Å². The molecule has 4 nitrogen and oxygen atoms in total. The molecule has 2 unspecified atom stereocenters. The molecular weight excluding hydrogens is 276 g/mol. The number of hydrogen-bond acceptors (Lipinski definition) is 3. The van der Waals surface area contributed by atoms with Gasteiger partial charge in [0.2, 0.25) is 5.91 Å². The number of rotatable bonds is 4. The number of amides is 1. The summed E-state index contributed by atoms with van der Waals surface area (Å²) in [5.41, 5.74) is 1.99. The number of aliphatic hydroxyl groups is 1. The largest absolute Gasteiger partial charge is 0.387 e. The van der Waals surface area contributed by atoms with Crippen molar-refractivity contribution in [3.63, 3.8) is 0 Å². The molecule has 1 aliphatic heterocycles. The molecule has 2 atom stereocenters. The molecule has 0 radical (unpaired) electrons. The van der Waals surface area contributed by atoms with E-state index >= 15 is 0 Å². The number of nitrogens with one attached hydrogen (secondary N) is 2. The first-order chi connectivity index (χ1) is 9.16. The number of carbonyl (C=O) groups is 1. The van der Waals surface area contributed by atoms with E-state index in [2.05, 4.69) is 10.6 Å². The van der Waals surface area contributed by atoms with E-state index < -0.39 is 6.10 Å². The van der Waals surface area contributed by atoms with Crippen molar-refractivity contribution in [3.05, 3.63) is 35.4 Å². The Hall–Kier alpha value is -1.10. The van der Waals surface area contributed by atoms with E-state index in [4.69, 9.17) is 0 Å². The van der Waals surface area contributed by atoms with Crippen molar-refractivity contribution >= 4 is 18.3 Å². The number of benzene rings is 1. The van der Waals surface area contributed by atoms with E-state index in [0.29, 0.717) is 0 Å². The summed E-state index contributed by atoms with van der Waals surface area (Å²) in [7, 11) is 0. The third kappa shape index (κ3) is 4.78. The Morgan fingerprint density at radius 3 is 2.70 bits per heavy atom. The van der Waals surface area contributed by atoms with Gasteiger partial charge in [0.1, 0.15) is 0 Å². The fraction of sp³-hybridized carbons (Fsp3) is 0.533. The Morgan fingerprint density at radius 2 is 2.10 bits per heavy atom. The van der Waals surface area contributed by atoms with E-state index in [1.807, 2.05) is 31.2 Å². The lowest BCUT2D eigenvalue weighted by atomic mass is 10.0. The summed E-state index contributed by atoms with van der Waals surface area (Å²) in [5, 5.41) is 16.0. The number of halogens is 1. The zero-order valence-electron chi connectivity index (χ0n) is 11.8. The quantitative estimate of drug-likeness (QED) is 0.793. The number of piperidine rings is 1. The molecule has 0 aromatic heterocycles. The zero-order chi connectivity index (χ0) is 13.7. The summed E-state index contributed by atoms with van der Waals surface area (Å²) in [4.78, 5) is 11.9. The molecule has 0 bridgehead atoms. The highest BCUT2D eigenvalue weighted by Gasteiger charge is 2.20. The maximum Gasteiger partial charge on any atom is 0.237 e. The Kier molecular flexibility index (Phi) is 6.99. The molecule has 0 spiro atoms. The van der Waals surface area contributed by atoms with Crippen LogP contribution in [0.2, 0.25) is 0 Å². The molecule has 1 saturated heterocycles. The summed E-state index contributed by atoms with van der Waals surface area (Å²) in [6.45, 7) is 3.17. The maximum absolute atomic E-state index is 11.9. The van der Waals surface area contributed by atoms with Crippen molar-refractivity contribution in [3.8, 4) is 0 Å². The Labute approximate surface area is 126 Å². The summed E-state index contributed by atoms with van der Waals surface area (Å²) < 4.78 is 0. The molecule has 2 rings (SSSR count). The van der Waals surface area contributed by atoms with Gasteiger partial charge in [-0.3, -0.25) is 4.79 Å². The van der Waals surface area contributed by atoms with Gasteiger partial charge in [-0.1, -0.05) is 36.2 Å². The van der Waals surface area contributed by atoms with Gasteiger partial charge >= 0.3 is 0 Å². The topological polar surface area (TPSA) is 61.4 Å². The molecule has 5 heteroatoms. The molecule has 112 valence electrons. The van der Waals surface area contributed by atoms with Crippen molar-refractivity contribution in [1.29, 1.82) is 0 Å². The fourth-order valence-corrected chi connectivity index (χ4v) is 2.30. The number of aliphatic hydroxyl groups excluding tert-OH is 1. The van der Waals surface area contributed by atoms with Gasteiger partial charge in [-0.05, 0) is 31.9 Å². The van der Waals surface area contributed by atoms with Gasteiger partial charge in [-0.25, -0.2) is 0 Å². The SMILES string of the molecule is Cc1ccc(C(O)CNC(=O)C2CCCCN2)cc1.Cl. The van der Waals surface area contributed by atoms with Crippen LogP contribution in [0.25, 0.3) is 0 Å². The zero-order valence-corrected chi connectivity index (χ0v) is 12.6. The minimum absolute atomic E-state index is 0. The molecule has 1 heterocycles. The molecule has 1 fully saturated rings. The molecule has 0 saturated carbocycles. The van der Waals surface area contributed by atoms with Crippen molar-refractivity contribution in [1.82, 2.24) is 10.6 Å². The van der Waals surface area contributed by atoms with Crippen molar-refractivity contribution in [2.45, 2.75) is 38.3 Å². The molecule has 1 aromatic rings. The number of carbonyl (C=O) groups excluding carboxylic acids is 1. The highest BCUT2D eigenvalue weighted by molar-refractivity contribution is 5.85. The summed E-state index contributed by atoms with van der Waals surface area (Å²) >= 11 is 0. The number of aryl methyl sites for hydroxylation is 1. The van der Waals surface area contributed by atoms with Crippen LogP contribution in [-0.4, -0.2) is 30.1 Å². The highest BCUT2D eigenvalue weighted by Crippen LogP contribution is 2.13. The average molecular weight is 299 g/mol. The Bertz CT molecular complexity index is 416. The standard InChI is InChI=1S/C15H22N2O2.ClH/c1-11-5-7-12(8-6-11)14(18)10-17-15(19)13-4-2-3-9-16-13;/h5-8,13-14,16,18H,2-4,9-10H2,1H3,(H,17,19);1H. The van der Waals surface area contributed by atoms with Gasteiger partial charge in [-0.15, -0.1) is 12.4 Å². The summed E-state index contributed by atoms with van der Waals surface area (Å²) in [6.07, 6.45) is 2.46. The second kappa shape index (κ2) is 8.25. The van der Waals surface area contributed by atoms with Gasteiger partial charge < -0.3 is 15.7 Å². The predicted molar refractivity (Wildman–Crippen MR) is 82.0 cm³/mol. The van der Waals surface area contributed by atoms with Crippen LogP contribution in [-0.2, 0) is 4.79 Å². The van der Waals surface area contributed by atoms with Crippen molar-refractivity contribution < 1.29 is 9.90 Å². The maximum atomic E-state index is 11.9. The van der Waals surface area contributed by atoms with Crippen molar-refractivity contribution in [2.24, 2.45) is 0 Å². The molecule has 3 N–H and O–H groups in total. The van der Waals surface area contributed by atoms with Crippen LogP contribution in [0.1, 0.15) is 36.5 Å². The van der Waals surface area contributed by atoms with E-state index in [0.717, 1.165) is 36.9 Å². The lowest BCUT2D eigenvalue weighted by molar-refractivity contribution is -0.124. The molecule has 20 heavy (non-hydrogen) atoms. The monoisotopic (exact) mass is 298 g/mol. The normalized spacial score (nSPS) is 19.8. The Morgan fingerprint density at radius 1 is 1.40 bits per heavy atom. The molecular formula is C15H23ClN2O2. The third-order valence-electron chi connectivity index (χ3n) is 3.56. The number of hydrogen-bond donors (Lipinski definition) is 3.